The second-order valence-electron chi connectivity index (χ2n) is 4.32. The Hall–Kier alpha value is -1.75. The van der Waals surface area contributed by atoms with E-state index < -0.39 is 5.54 Å². The van der Waals surface area contributed by atoms with Crippen molar-refractivity contribution in [3.05, 3.63) is 23.8 Å². The predicted molar refractivity (Wildman–Crippen MR) is 63.9 cm³/mol. The van der Waals surface area contributed by atoms with Crippen LogP contribution in [-0.4, -0.2) is 30.3 Å². The van der Waals surface area contributed by atoms with Gasteiger partial charge in [0.15, 0.2) is 5.75 Å². The van der Waals surface area contributed by atoms with Gasteiger partial charge in [-0.1, -0.05) is 6.07 Å². The number of nitrogens with one attached hydrogen (secondary N) is 1. The summed E-state index contributed by atoms with van der Waals surface area (Å²) < 4.78 is 5.12. The van der Waals surface area contributed by atoms with Crippen LogP contribution in [0.2, 0.25) is 0 Å². The summed E-state index contributed by atoms with van der Waals surface area (Å²) in [6, 6.07) is 5.03. The van der Waals surface area contributed by atoms with Crippen LogP contribution in [0.3, 0.4) is 0 Å². The number of hydrogen-bond acceptors (Lipinski definition) is 4. The molecule has 0 saturated heterocycles. The lowest BCUT2D eigenvalue weighted by atomic mass is 10.1. The van der Waals surface area contributed by atoms with Gasteiger partial charge >= 0.3 is 0 Å². The Kier molecular flexibility index (Phi) is 2.93. The number of amides is 1. The summed E-state index contributed by atoms with van der Waals surface area (Å²) >= 11 is 0. The van der Waals surface area contributed by atoms with Crippen LogP contribution in [0, 0.1) is 0 Å². The number of aliphatic hydroxyl groups is 1. The monoisotopic (exact) mass is 236 g/mol. The molecular formula is C12H16N2O3. The summed E-state index contributed by atoms with van der Waals surface area (Å²) in [6.45, 7) is -0.0383. The quantitative estimate of drug-likeness (QED) is 0.666. The third kappa shape index (κ3) is 2.19. The van der Waals surface area contributed by atoms with Gasteiger partial charge in [-0.3, -0.25) is 4.79 Å². The minimum atomic E-state index is -0.438. The van der Waals surface area contributed by atoms with Gasteiger partial charge in [-0.2, -0.15) is 0 Å². The van der Waals surface area contributed by atoms with Crippen LogP contribution in [0.5, 0.6) is 5.75 Å². The van der Waals surface area contributed by atoms with E-state index in [1.165, 1.54) is 7.11 Å². The van der Waals surface area contributed by atoms with Crippen LogP contribution >= 0.6 is 0 Å². The van der Waals surface area contributed by atoms with Crippen molar-refractivity contribution in [2.24, 2.45) is 0 Å². The highest BCUT2D eigenvalue weighted by atomic mass is 16.5. The zero-order chi connectivity index (χ0) is 12.5. The third-order valence-electron chi connectivity index (χ3n) is 3.03. The van der Waals surface area contributed by atoms with Gasteiger partial charge in [0, 0.05) is 0 Å². The Labute approximate surface area is 99.6 Å². The third-order valence-corrected chi connectivity index (χ3v) is 3.03. The summed E-state index contributed by atoms with van der Waals surface area (Å²) in [6.07, 6.45) is 1.61. The average molecular weight is 236 g/mol. The molecule has 1 aliphatic carbocycles. The first-order valence-corrected chi connectivity index (χ1v) is 5.48. The van der Waals surface area contributed by atoms with Gasteiger partial charge in [0.2, 0.25) is 0 Å². The normalized spacial score (nSPS) is 16.4. The van der Waals surface area contributed by atoms with Crippen LogP contribution in [0.4, 0.5) is 5.69 Å². The fourth-order valence-electron chi connectivity index (χ4n) is 1.74. The zero-order valence-electron chi connectivity index (χ0n) is 9.69. The molecule has 0 bridgehead atoms. The molecule has 0 atom stereocenters. The van der Waals surface area contributed by atoms with E-state index >= 15 is 0 Å². The van der Waals surface area contributed by atoms with Crippen molar-refractivity contribution in [2.45, 2.75) is 18.4 Å². The molecule has 1 aliphatic rings. The molecule has 1 aromatic rings. The molecule has 5 nitrogen and oxygen atoms in total. The number of carbonyl (C=O) groups excluding carboxylic acids is 1. The smallest absolute Gasteiger partial charge is 0.255 e. The molecule has 0 aromatic heterocycles. The van der Waals surface area contributed by atoms with Gasteiger partial charge in [-0.15, -0.1) is 0 Å². The van der Waals surface area contributed by atoms with Crippen LogP contribution in [0.25, 0.3) is 0 Å². The molecule has 0 spiro atoms. The number of ether oxygens (including phenoxy) is 1. The van der Waals surface area contributed by atoms with Gasteiger partial charge in [0.05, 0.1) is 30.5 Å². The van der Waals surface area contributed by atoms with Crippen molar-refractivity contribution in [2.75, 3.05) is 19.5 Å². The highest BCUT2D eigenvalue weighted by molar-refractivity contribution is 5.99. The molecule has 1 amide bonds. The van der Waals surface area contributed by atoms with Crippen molar-refractivity contribution in [1.82, 2.24) is 5.32 Å². The van der Waals surface area contributed by atoms with Crippen LogP contribution < -0.4 is 15.8 Å². The molecule has 5 heteroatoms. The lowest BCUT2D eigenvalue weighted by molar-refractivity contribution is 0.0904. The highest BCUT2D eigenvalue weighted by Crippen LogP contribution is 2.35. The van der Waals surface area contributed by atoms with Crippen molar-refractivity contribution >= 4 is 11.6 Å². The van der Waals surface area contributed by atoms with E-state index in [9.17, 15) is 4.79 Å². The zero-order valence-corrected chi connectivity index (χ0v) is 9.69. The number of anilines is 1. The number of para-hydroxylation sites is 1. The summed E-state index contributed by atoms with van der Waals surface area (Å²) in [5, 5.41) is 12.0. The van der Waals surface area contributed by atoms with Gasteiger partial charge in [0.1, 0.15) is 0 Å². The number of carbonyl (C=O) groups is 1. The second-order valence-corrected chi connectivity index (χ2v) is 4.32. The first kappa shape index (κ1) is 11.7. The lowest BCUT2D eigenvalue weighted by Crippen LogP contribution is -2.39. The highest BCUT2D eigenvalue weighted by Gasteiger charge is 2.43. The van der Waals surface area contributed by atoms with E-state index in [1.807, 2.05) is 0 Å². The van der Waals surface area contributed by atoms with Gasteiger partial charge in [0.25, 0.3) is 5.91 Å². The minimum absolute atomic E-state index is 0.0383. The molecule has 92 valence electrons. The summed E-state index contributed by atoms with van der Waals surface area (Å²) in [5.41, 5.74) is 6.11. The van der Waals surface area contributed by atoms with Crippen molar-refractivity contribution < 1.29 is 14.6 Å². The van der Waals surface area contributed by atoms with E-state index in [2.05, 4.69) is 5.32 Å². The molecule has 1 saturated carbocycles. The van der Waals surface area contributed by atoms with Gasteiger partial charge in [-0.25, -0.2) is 0 Å². The first-order valence-electron chi connectivity index (χ1n) is 5.48. The molecule has 2 rings (SSSR count). The molecule has 17 heavy (non-hydrogen) atoms. The van der Waals surface area contributed by atoms with Crippen molar-refractivity contribution in [3.63, 3.8) is 0 Å². The average Bonchev–Trinajstić information content (AvgIpc) is 3.09. The van der Waals surface area contributed by atoms with Crippen molar-refractivity contribution in [1.29, 1.82) is 0 Å². The molecule has 0 radical (unpaired) electrons. The molecule has 1 fully saturated rings. The number of nitrogens with two attached hydrogens (primary N) is 1. The largest absolute Gasteiger partial charge is 0.494 e. The molecule has 0 aliphatic heterocycles. The van der Waals surface area contributed by atoms with Gasteiger partial charge < -0.3 is 20.9 Å². The first-order chi connectivity index (χ1) is 8.12. The lowest BCUT2D eigenvalue weighted by Gasteiger charge is -2.16. The molecule has 4 N–H and O–H groups in total. The molecular weight excluding hydrogens is 220 g/mol. The molecule has 0 unspecified atom stereocenters. The van der Waals surface area contributed by atoms with E-state index in [0.29, 0.717) is 17.0 Å². The van der Waals surface area contributed by atoms with Crippen molar-refractivity contribution in [3.8, 4) is 5.75 Å². The van der Waals surface area contributed by atoms with Crippen LogP contribution in [0.15, 0.2) is 18.2 Å². The SMILES string of the molecule is COc1c(N)cccc1C(=O)NC1(CO)CC1. The maximum Gasteiger partial charge on any atom is 0.255 e. The van der Waals surface area contributed by atoms with Crippen LogP contribution in [-0.2, 0) is 0 Å². The molecule has 1 aromatic carbocycles. The number of benzene rings is 1. The summed E-state index contributed by atoms with van der Waals surface area (Å²) in [5.74, 6) is 0.111. The Morgan fingerprint density at radius 2 is 2.29 bits per heavy atom. The second kappa shape index (κ2) is 4.25. The van der Waals surface area contributed by atoms with E-state index in [1.54, 1.807) is 18.2 Å². The van der Waals surface area contributed by atoms with E-state index in [4.69, 9.17) is 15.6 Å². The van der Waals surface area contributed by atoms with Gasteiger partial charge in [-0.05, 0) is 25.0 Å². The minimum Gasteiger partial charge on any atom is -0.494 e. The predicted octanol–water partition coefficient (Wildman–Crippen LogP) is 0.532. The molecule has 0 heterocycles. The maximum atomic E-state index is 12.0. The van der Waals surface area contributed by atoms with E-state index in [0.717, 1.165) is 12.8 Å². The Morgan fingerprint density at radius 3 is 2.82 bits per heavy atom. The fourth-order valence-corrected chi connectivity index (χ4v) is 1.74. The topological polar surface area (TPSA) is 84.6 Å². The summed E-state index contributed by atoms with van der Waals surface area (Å²) in [7, 11) is 1.47. The number of methoxy groups -OCH3 is 1. The standard InChI is InChI=1S/C12H16N2O3/c1-17-10-8(3-2-4-9(10)13)11(16)14-12(7-15)5-6-12/h2-4,15H,5-7,13H2,1H3,(H,14,16). The summed E-state index contributed by atoms with van der Waals surface area (Å²) in [4.78, 5) is 12.0. The fraction of sp³-hybridized carbons (Fsp3) is 0.417. The number of aliphatic hydroxyl groups excluding tert-OH is 1. The van der Waals surface area contributed by atoms with Crippen LogP contribution in [0.1, 0.15) is 23.2 Å². The number of hydrogen-bond donors (Lipinski definition) is 3. The van der Waals surface area contributed by atoms with E-state index in [-0.39, 0.29) is 12.5 Å². The Balaban J connectivity index is 2.22. The Morgan fingerprint density at radius 1 is 1.59 bits per heavy atom. The maximum absolute atomic E-state index is 12.0. The Bertz CT molecular complexity index is 441. The number of nitrogen functional groups attached to an aromatic ring is 1. The number of rotatable bonds is 4.